The van der Waals surface area contributed by atoms with E-state index in [0.717, 1.165) is 46.7 Å². The van der Waals surface area contributed by atoms with Gasteiger partial charge >= 0.3 is 0 Å². The number of hydrogen-bond acceptors (Lipinski definition) is 9. The van der Waals surface area contributed by atoms with Crippen LogP contribution in [0.2, 0.25) is 0 Å². The number of nitrogens with one attached hydrogen (secondary N) is 2. The monoisotopic (exact) mass is 495 g/mol. The first kappa shape index (κ1) is 26.1. The summed E-state index contributed by atoms with van der Waals surface area (Å²) < 4.78 is 11.2. The number of anilines is 1. The summed E-state index contributed by atoms with van der Waals surface area (Å²) in [4.78, 5) is 9.83. The number of nitrogens with zero attached hydrogens (tertiary/aromatic N) is 3. The van der Waals surface area contributed by atoms with Crippen LogP contribution in [0.25, 0.3) is 22.6 Å². The van der Waals surface area contributed by atoms with Gasteiger partial charge in [0.25, 0.3) is 0 Å². The van der Waals surface area contributed by atoms with Crippen LogP contribution in [0.4, 0.5) is 5.82 Å². The minimum absolute atomic E-state index is 0.181. The molecule has 1 atom stereocenters. The molecule has 9 nitrogen and oxygen atoms in total. The molecule has 0 aliphatic heterocycles. The second-order valence-electron chi connectivity index (χ2n) is 10.3. The Balaban J connectivity index is 1.67. The molecule has 9 heteroatoms. The highest BCUT2D eigenvalue weighted by Gasteiger charge is 2.39. The van der Waals surface area contributed by atoms with E-state index >= 15 is 0 Å². The highest BCUT2D eigenvalue weighted by atomic mass is 16.5. The number of ether oxygens (including phenoxy) is 1. The van der Waals surface area contributed by atoms with Crippen molar-refractivity contribution >= 4 is 5.82 Å². The SMILES string of the molecule is CNCC(O)COc1cccc(-c2nc(N[C@H]3C[C@@H](C(C)(C)O)C3)c(C)c(-c3c(C)noc3C)n2)c1. The van der Waals surface area contributed by atoms with Crippen molar-refractivity contribution in [3.63, 3.8) is 0 Å². The summed E-state index contributed by atoms with van der Waals surface area (Å²) in [6, 6.07) is 7.79. The number of aryl methyl sites for hydroxylation is 2. The first-order valence-corrected chi connectivity index (χ1v) is 12.4. The molecule has 1 aromatic carbocycles. The van der Waals surface area contributed by atoms with E-state index < -0.39 is 11.7 Å². The predicted octanol–water partition coefficient (Wildman–Crippen LogP) is 3.64. The summed E-state index contributed by atoms with van der Waals surface area (Å²) in [5.74, 6) is 2.90. The van der Waals surface area contributed by atoms with Gasteiger partial charge in [-0.3, -0.25) is 0 Å². The Bertz CT molecular complexity index is 1180. The Morgan fingerprint density at radius 2 is 1.94 bits per heavy atom. The van der Waals surface area contributed by atoms with Gasteiger partial charge in [-0.15, -0.1) is 0 Å². The zero-order valence-electron chi connectivity index (χ0n) is 21.9. The third kappa shape index (κ3) is 5.69. The van der Waals surface area contributed by atoms with E-state index in [1.807, 2.05) is 58.9 Å². The van der Waals surface area contributed by atoms with E-state index in [1.54, 1.807) is 7.05 Å². The number of rotatable bonds is 10. The van der Waals surface area contributed by atoms with Crippen LogP contribution in [0.5, 0.6) is 5.75 Å². The fraction of sp³-hybridized carbons (Fsp3) is 0.519. The van der Waals surface area contributed by atoms with Crippen LogP contribution in [0.1, 0.15) is 43.7 Å². The summed E-state index contributed by atoms with van der Waals surface area (Å²) in [5, 5.41) is 31.0. The minimum atomic E-state index is -0.687. The molecule has 2 aromatic heterocycles. The number of aromatic nitrogens is 3. The average molecular weight is 496 g/mol. The Morgan fingerprint density at radius 1 is 1.19 bits per heavy atom. The molecule has 4 rings (SSSR count). The van der Waals surface area contributed by atoms with E-state index in [2.05, 4.69) is 15.8 Å². The van der Waals surface area contributed by atoms with Gasteiger partial charge < -0.3 is 30.1 Å². The Hall–Kier alpha value is -3.01. The van der Waals surface area contributed by atoms with Gasteiger partial charge in [0.15, 0.2) is 5.82 Å². The summed E-state index contributed by atoms with van der Waals surface area (Å²) in [7, 11) is 1.79. The maximum atomic E-state index is 10.3. The molecule has 36 heavy (non-hydrogen) atoms. The highest BCUT2D eigenvalue weighted by molar-refractivity contribution is 5.74. The van der Waals surface area contributed by atoms with Gasteiger partial charge in [0, 0.05) is 23.7 Å². The fourth-order valence-corrected chi connectivity index (χ4v) is 4.57. The van der Waals surface area contributed by atoms with Crippen LogP contribution in [0.3, 0.4) is 0 Å². The smallest absolute Gasteiger partial charge is 0.162 e. The second kappa shape index (κ2) is 10.5. The zero-order valence-corrected chi connectivity index (χ0v) is 21.9. The molecule has 1 saturated carbocycles. The van der Waals surface area contributed by atoms with Gasteiger partial charge in [-0.25, -0.2) is 9.97 Å². The molecule has 0 bridgehead atoms. The maximum absolute atomic E-state index is 10.3. The molecule has 2 heterocycles. The van der Waals surface area contributed by atoms with E-state index in [0.29, 0.717) is 23.9 Å². The van der Waals surface area contributed by atoms with E-state index in [9.17, 15) is 10.2 Å². The van der Waals surface area contributed by atoms with Crippen molar-refractivity contribution in [2.24, 2.45) is 5.92 Å². The van der Waals surface area contributed by atoms with E-state index in [1.165, 1.54) is 0 Å². The van der Waals surface area contributed by atoms with Crippen LogP contribution < -0.4 is 15.4 Å². The number of likely N-dealkylation sites (N-methyl/N-ethyl adjacent to an activating group) is 1. The van der Waals surface area contributed by atoms with Gasteiger partial charge in [-0.2, -0.15) is 0 Å². The number of hydrogen-bond donors (Lipinski definition) is 4. The molecule has 0 radical (unpaired) electrons. The summed E-state index contributed by atoms with van der Waals surface area (Å²) in [6.07, 6.45) is 1.15. The third-order valence-corrected chi connectivity index (χ3v) is 6.87. The predicted molar refractivity (Wildman–Crippen MR) is 139 cm³/mol. The standard InChI is InChI=1S/C27H37N5O4/c1-15-24(23-16(2)32-36-17(23)3)30-26(31-25(15)29-20-11-19(12-20)27(4,5)34)18-8-7-9-22(10-18)35-14-21(33)13-28-6/h7-10,19-21,28,33-34H,11-14H2,1-6H3,(H,29,30,31)/t19-,20+,21?. The van der Waals surface area contributed by atoms with Gasteiger partial charge in [0.05, 0.1) is 22.6 Å². The molecule has 1 aliphatic rings. The zero-order chi connectivity index (χ0) is 26.0. The van der Waals surface area contributed by atoms with Crippen LogP contribution in [-0.4, -0.2) is 63.3 Å². The molecule has 0 spiro atoms. The molecule has 1 fully saturated rings. The number of aliphatic hydroxyl groups is 2. The van der Waals surface area contributed by atoms with Crippen molar-refractivity contribution in [1.82, 2.24) is 20.4 Å². The van der Waals surface area contributed by atoms with Crippen molar-refractivity contribution in [3.8, 4) is 28.4 Å². The molecule has 0 amide bonds. The first-order valence-electron chi connectivity index (χ1n) is 12.4. The molecule has 3 aromatic rings. The lowest BCUT2D eigenvalue weighted by molar-refractivity contribution is -0.0230. The first-order chi connectivity index (χ1) is 17.1. The van der Waals surface area contributed by atoms with Crippen LogP contribution >= 0.6 is 0 Å². The molecule has 1 unspecified atom stereocenters. The Labute approximate surface area is 212 Å². The molecular formula is C27H37N5O4. The minimum Gasteiger partial charge on any atom is -0.491 e. The highest BCUT2D eigenvalue weighted by Crippen LogP contribution is 2.39. The Kier molecular flexibility index (Phi) is 7.63. The van der Waals surface area contributed by atoms with Gasteiger partial charge in [-0.05, 0) is 72.6 Å². The van der Waals surface area contributed by atoms with Crippen LogP contribution in [0, 0.1) is 26.7 Å². The van der Waals surface area contributed by atoms with E-state index in [4.69, 9.17) is 19.2 Å². The number of benzene rings is 1. The summed E-state index contributed by atoms with van der Waals surface area (Å²) in [5.41, 5.74) is 3.44. The molecule has 4 N–H and O–H groups in total. The molecular weight excluding hydrogens is 458 g/mol. The van der Waals surface area contributed by atoms with Crippen molar-refractivity contribution in [3.05, 3.63) is 41.3 Å². The molecule has 194 valence electrons. The van der Waals surface area contributed by atoms with E-state index in [-0.39, 0.29) is 18.6 Å². The molecule has 0 saturated heterocycles. The quantitative estimate of drug-likeness (QED) is 0.333. The number of aliphatic hydroxyl groups excluding tert-OH is 1. The van der Waals surface area contributed by atoms with Crippen LogP contribution in [0.15, 0.2) is 28.8 Å². The van der Waals surface area contributed by atoms with Crippen LogP contribution in [-0.2, 0) is 0 Å². The topological polar surface area (TPSA) is 126 Å². The fourth-order valence-electron chi connectivity index (χ4n) is 4.57. The lowest BCUT2D eigenvalue weighted by atomic mass is 9.71. The van der Waals surface area contributed by atoms with Gasteiger partial charge in [0.2, 0.25) is 0 Å². The summed E-state index contributed by atoms with van der Waals surface area (Å²) in [6.45, 7) is 10.2. The van der Waals surface area contributed by atoms with Crippen molar-refractivity contribution < 1.29 is 19.5 Å². The summed E-state index contributed by atoms with van der Waals surface area (Å²) >= 11 is 0. The normalized spacial score (nSPS) is 18.6. The lowest BCUT2D eigenvalue weighted by Gasteiger charge is -2.43. The van der Waals surface area contributed by atoms with Crippen molar-refractivity contribution in [2.75, 3.05) is 25.5 Å². The Morgan fingerprint density at radius 3 is 2.58 bits per heavy atom. The van der Waals surface area contributed by atoms with Gasteiger partial charge in [0.1, 0.15) is 30.0 Å². The second-order valence-corrected chi connectivity index (χ2v) is 10.3. The molecule has 1 aliphatic carbocycles. The van der Waals surface area contributed by atoms with Gasteiger partial charge in [-0.1, -0.05) is 17.3 Å². The lowest BCUT2D eigenvalue weighted by Crippen LogP contribution is -2.46. The van der Waals surface area contributed by atoms with Crippen molar-refractivity contribution in [1.29, 1.82) is 0 Å². The average Bonchev–Trinajstić information content (AvgIpc) is 3.13. The van der Waals surface area contributed by atoms with Crippen molar-refractivity contribution in [2.45, 2.75) is 65.2 Å². The largest absolute Gasteiger partial charge is 0.491 e. The third-order valence-electron chi connectivity index (χ3n) is 6.87. The maximum Gasteiger partial charge on any atom is 0.162 e.